The SMILES string of the molecule is CCOc1c(Cl)cc(-c2nccn2S(=O)(=O)c2ccccc2)cc1Cl. The summed E-state index contributed by atoms with van der Waals surface area (Å²) in [5, 5.41) is 0.576. The Hall–Kier alpha value is -2.02. The molecule has 0 aliphatic heterocycles. The van der Waals surface area contributed by atoms with Gasteiger partial charge >= 0.3 is 0 Å². The highest BCUT2D eigenvalue weighted by Crippen LogP contribution is 2.37. The standard InChI is InChI=1S/C17H14Cl2N2O3S/c1-2-24-16-14(18)10-12(11-15(16)19)17-20-8-9-21(17)25(22,23)13-6-4-3-5-7-13/h3-11H,2H2,1H3. The van der Waals surface area contributed by atoms with Crippen molar-refractivity contribution >= 4 is 33.2 Å². The zero-order valence-corrected chi connectivity index (χ0v) is 15.5. The number of hydrogen-bond acceptors (Lipinski definition) is 4. The summed E-state index contributed by atoms with van der Waals surface area (Å²) in [5.74, 6) is 0.578. The molecule has 0 saturated heterocycles. The summed E-state index contributed by atoms with van der Waals surface area (Å²) >= 11 is 12.4. The van der Waals surface area contributed by atoms with Gasteiger partial charge in [-0.25, -0.2) is 17.4 Å². The van der Waals surface area contributed by atoms with Gasteiger partial charge in [0.25, 0.3) is 10.0 Å². The summed E-state index contributed by atoms with van der Waals surface area (Å²) in [4.78, 5) is 4.33. The second-order valence-corrected chi connectivity index (χ2v) is 7.70. The second-order valence-electron chi connectivity index (χ2n) is 5.07. The van der Waals surface area contributed by atoms with Crippen LogP contribution in [0.5, 0.6) is 5.75 Å². The number of rotatable bonds is 5. The largest absolute Gasteiger partial charge is 0.491 e. The molecule has 0 spiro atoms. The Balaban J connectivity index is 2.12. The fraction of sp³-hybridized carbons (Fsp3) is 0.118. The highest BCUT2D eigenvalue weighted by atomic mass is 35.5. The van der Waals surface area contributed by atoms with Gasteiger partial charge in [-0.2, -0.15) is 0 Å². The van der Waals surface area contributed by atoms with E-state index in [4.69, 9.17) is 27.9 Å². The fourth-order valence-corrected chi connectivity index (χ4v) is 4.28. The molecule has 25 heavy (non-hydrogen) atoms. The molecule has 0 unspecified atom stereocenters. The van der Waals surface area contributed by atoms with Crippen molar-refractivity contribution in [2.75, 3.05) is 6.61 Å². The van der Waals surface area contributed by atoms with Crippen LogP contribution in [0.1, 0.15) is 6.92 Å². The Labute approximate surface area is 155 Å². The van der Waals surface area contributed by atoms with Crippen molar-refractivity contribution in [3.63, 3.8) is 0 Å². The van der Waals surface area contributed by atoms with Crippen molar-refractivity contribution in [3.8, 4) is 17.1 Å². The molecule has 0 aliphatic rings. The second kappa shape index (κ2) is 7.07. The average Bonchev–Trinajstić information content (AvgIpc) is 3.09. The lowest BCUT2D eigenvalue weighted by Crippen LogP contribution is -2.13. The summed E-state index contributed by atoms with van der Waals surface area (Å²) in [6, 6.07) is 11.3. The van der Waals surface area contributed by atoms with Crippen LogP contribution in [0.15, 0.2) is 59.8 Å². The molecule has 0 bridgehead atoms. The van der Waals surface area contributed by atoms with E-state index in [0.717, 1.165) is 3.97 Å². The van der Waals surface area contributed by atoms with E-state index in [1.165, 1.54) is 24.5 Å². The van der Waals surface area contributed by atoms with Gasteiger partial charge in [-0.15, -0.1) is 0 Å². The minimum absolute atomic E-state index is 0.164. The highest BCUT2D eigenvalue weighted by Gasteiger charge is 2.22. The van der Waals surface area contributed by atoms with Gasteiger partial charge in [-0.1, -0.05) is 41.4 Å². The number of imidazole rings is 1. The number of hydrogen-bond donors (Lipinski definition) is 0. The first kappa shape index (κ1) is 17.8. The molecule has 3 aromatic rings. The van der Waals surface area contributed by atoms with E-state index in [1.807, 2.05) is 6.92 Å². The smallest absolute Gasteiger partial charge is 0.269 e. The molecule has 2 aromatic carbocycles. The summed E-state index contributed by atoms with van der Waals surface area (Å²) in [6.45, 7) is 2.23. The summed E-state index contributed by atoms with van der Waals surface area (Å²) in [7, 11) is -3.78. The van der Waals surface area contributed by atoms with Crippen LogP contribution in [0.3, 0.4) is 0 Å². The van der Waals surface area contributed by atoms with Gasteiger partial charge in [0, 0.05) is 18.0 Å². The van der Waals surface area contributed by atoms with E-state index in [9.17, 15) is 8.42 Å². The summed E-state index contributed by atoms with van der Waals surface area (Å²) in [6.07, 6.45) is 2.80. The molecule has 0 fully saturated rings. The normalized spacial score (nSPS) is 11.5. The lowest BCUT2D eigenvalue weighted by atomic mass is 10.2. The monoisotopic (exact) mass is 396 g/mol. The number of ether oxygens (including phenoxy) is 1. The summed E-state index contributed by atoms with van der Waals surface area (Å²) in [5.41, 5.74) is 0.475. The van der Waals surface area contributed by atoms with Crippen LogP contribution in [0.4, 0.5) is 0 Å². The van der Waals surface area contributed by atoms with Gasteiger partial charge in [-0.3, -0.25) is 0 Å². The first-order valence-corrected chi connectivity index (χ1v) is 9.61. The third-order valence-corrected chi connectivity index (χ3v) is 5.69. The number of nitrogens with zero attached hydrogens (tertiary/aromatic N) is 2. The predicted molar refractivity (Wildman–Crippen MR) is 97.9 cm³/mol. The van der Waals surface area contributed by atoms with Crippen LogP contribution in [-0.2, 0) is 10.0 Å². The van der Waals surface area contributed by atoms with Crippen molar-refractivity contribution in [3.05, 3.63) is 64.9 Å². The molecule has 0 aliphatic carbocycles. The van der Waals surface area contributed by atoms with Crippen molar-refractivity contribution in [1.82, 2.24) is 8.96 Å². The van der Waals surface area contributed by atoms with E-state index < -0.39 is 10.0 Å². The molecule has 1 aromatic heterocycles. The van der Waals surface area contributed by atoms with E-state index >= 15 is 0 Å². The average molecular weight is 397 g/mol. The zero-order chi connectivity index (χ0) is 18.0. The highest BCUT2D eigenvalue weighted by molar-refractivity contribution is 7.90. The molecular weight excluding hydrogens is 383 g/mol. The zero-order valence-electron chi connectivity index (χ0n) is 13.2. The molecule has 130 valence electrons. The van der Waals surface area contributed by atoms with Gasteiger partial charge in [0.2, 0.25) is 0 Å². The van der Waals surface area contributed by atoms with Crippen molar-refractivity contribution in [2.24, 2.45) is 0 Å². The molecular formula is C17H14Cl2N2O3S. The molecule has 0 radical (unpaired) electrons. The Morgan fingerprint density at radius 3 is 2.36 bits per heavy atom. The molecule has 5 nitrogen and oxygen atoms in total. The Kier molecular flexibility index (Phi) is 5.03. The first-order chi connectivity index (χ1) is 11.9. The van der Waals surface area contributed by atoms with E-state index in [1.54, 1.807) is 30.3 Å². The molecule has 0 amide bonds. The van der Waals surface area contributed by atoms with Gasteiger partial charge in [0.1, 0.15) is 0 Å². The van der Waals surface area contributed by atoms with E-state index in [2.05, 4.69) is 4.98 Å². The van der Waals surface area contributed by atoms with Crippen molar-refractivity contribution in [2.45, 2.75) is 11.8 Å². The van der Waals surface area contributed by atoms with Crippen LogP contribution >= 0.6 is 23.2 Å². The lowest BCUT2D eigenvalue weighted by Gasteiger charge is -2.12. The molecule has 0 atom stereocenters. The van der Waals surface area contributed by atoms with Crippen LogP contribution < -0.4 is 4.74 Å². The van der Waals surface area contributed by atoms with Crippen molar-refractivity contribution in [1.29, 1.82) is 0 Å². The predicted octanol–water partition coefficient (Wildman–Crippen LogP) is 4.49. The maximum atomic E-state index is 12.9. The Morgan fingerprint density at radius 2 is 1.76 bits per heavy atom. The van der Waals surface area contributed by atoms with Crippen LogP contribution in [-0.4, -0.2) is 24.0 Å². The Bertz CT molecular complexity index is 979. The molecule has 3 rings (SSSR count). The first-order valence-electron chi connectivity index (χ1n) is 7.41. The molecule has 0 N–H and O–H groups in total. The van der Waals surface area contributed by atoms with E-state index in [0.29, 0.717) is 17.9 Å². The van der Waals surface area contributed by atoms with Gasteiger partial charge in [0.05, 0.1) is 21.5 Å². The summed E-state index contributed by atoms with van der Waals surface area (Å²) < 4.78 is 32.2. The maximum Gasteiger partial charge on any atom is 0.269 e. The van der Waals surface area contributed by atoms with Gasteiger partial charge in [-0.05, 0) is 31.2 Å². The van der Waals surface area contributed by atoms with E-state index in [-0.39, 0.29) is 20.8 Å². The van der Waals surface area contributed by atoms with Crippen LogP contribution in [0.25, 0.3) is 11.4 Å². The number of benzene rings is 2. The third-order valence-electron chi connectivity index (χ3n) is 3.45. The number of aromatic nitrogens is 2. The Morgan fingerprint density at radius 1 is 1.12 bits per heavy atom. The topological polar surface area (TPSA) is 61.2 Å². The fourth-order valence-electron chi connectivity index (χ4n) is 2.36. The van der Waals surface area contributed by atoms with Crippen LogP contribution in [0, 0.1) is 0 Å². The quantitative estimate of drug-likeness (QED) is 0.637. The minimum Gasteiger partial charge on any atom is -0.491 e. The minimum atomic E-state index is -3.78. The van der Waals surface area contributed by atoms with Crippen molar-refractivity contribution < 1.29 is 13.2 Å². The maximum absolute atomic E-state index is 12.9. The molecule has 8 heteroatoms. The number of halogens is 2. The van der Waals surface area contributed by atoms with Gasteiger partial charge < -0.3 is 4.74 Å². The van der Waals surface area contributed by atoms with Gasteiger partial charge in [0.15, 0.2) is 11.6 Å². The lowest BCUT2D eigenvalue weighted by molar-refractivity contribution is 0.340. The molecule has 1 heterocycles. The third kappa shape index (κ3) is 3.38. The molecule has 0 saturated carbocycles. The van der Waals surface area contributed by atoms with Crippen LogP contribution in [0.2, 0.25) is 10.0 Å².